The molecule has 2 aromatic rings. The predicted octanol–water partition coefficient (Wildman–Crippen LogP) is 5.21. The quantitative estimate of drug-likeness (QED) is 0.744. The van der Waals surface area contributed by atoms with Crippen LogP contribution in [0, 0.1) is 11.8 Å². The average Bonchev–Trinajstić information content (AvgIpc) is 2.78. The summed E-state index contributed by atoms with van der Waals surface area (Å²) in [6, 6.07) is 10.9. The van der Waals surface area contributed by atoms with Crippen LogP contribution in [-0.2, 0) is 0 Å². The molecular formula is C25H32N2O. The minimum Gasteiger partial charge on any atom is -0.387 e. The maximum Gasteiger partial charge on any atom is 0.0952 e. The smallest absolute Gasteiger partial charge is 0.0952 e. The molecule has 4 fully saturated rings. The number of rotatable bonds is 4. The second-order valence-electron chi connectivity index (χ2n) is 9.18. The summed E-state index contributed by atoms with van der Waals surface area (Å²) in [5, 5.41) is 12.7. The van der Waals surface area contributed by atoms with E-state index in [0.717, 1.165) is 36.0 Å². The lowest BCUT2D eigenvalue weighted by molar-refractivity contribution is -0.0445. The fraction of sp³-hybridized carbons (Fsp3) is 0.560. The summed E-state index contributed by atoms with van der Waals surface area (Å²) >= 11 is 0. The fourth-order valence-corrected chi connectivity index (χ4v) is 5.99. The molecule has 3 nitrogen and oxygen atoms in total. The Labute approximate surface area is 168 Å². The lowest BCUT2D eigenvalue weighted by atomic mass is 9.73. The van der Waals surface area contributed by atoms with E-state index in [2.05, 4.69) is 47.9 Å². The zero-order valence-electron chi connectivity index (χ0n) is 16.8. The molecule has 1 saturated carbocycles. The Hall–Kier alpha value is -1.71. The van der Waals surface area contributed by atoms with Gasteiger partial charge in [0.2, 0.25) is 0 Å². The highest BCUT2D eigenvalue weighted by atomic mass is 16.3. The Morgan fingerprint density at radius 2 is 1.96 bits per heavy atom. The van der Waals surface area contributed by atoms with E-state index in [4.69, 9.17) is 4.98 Å². The van der Waals surface area contributed by atoms with Crippen molar-refractivity contribution < 1.29 is 5.11 Å². The average molecular weight is 377 g/mol. The fourth-order valence-electron chi connectivity index (χ4n) is 5.99. The van der Waals surface area contributed by atoms with E-state index in [-0.39, 0.29) is 6.04 Å². The normalized spacial score (nSPS) is 31.8. The SMILES string of the molecule is C=C[C@H]1CN2CC[C@H]1C[C@@H]2[C@H](O)c1cc(C2CCCCC2)nc2ccccc12. The van der Waals surface area contributed by atoms with Gasteiger partial charge in [0.1, 0.15) is 0 Å². The molecule has 1 aromatic heterocycles. The standard InChI is InChI=1S/C25H32N2O/c1-2-17-16-27-13-12-19(17)14-24(27)25(28)21-15-23(18-8-4-3-5-9-18)26-22-11-7-6-10-20(21)22/h2,6-7,10-11,15,17-19,24-25,28H,1,3-5,8-9,12-14,16H2/t17-,19-,24+,25+/m0/s1. The number of hydrogen-bond donors (Lipinski definition) is 1. The molecular weight excluding hydrogens is 344 g/mol. The number of para-hydroxylation sites is 1. The van der Waals surface area contributed by atoms with Gasteiger partial charge in [0, 0.05) is 29.6 Å². The first-order chi connectivity index (χ1) is 13.7. The van der Waals surface area contributed by atoms with Gasteiger partial charge in [-0.1, -0.05) is 43.5 Å². The molecule has 1 unspecified atom stereocenters. The Morgan fingerprint density at radius 1 is 1.14 bits per heavy atom. The molecule has 148 valence electrons. The minimum atomic E-state index is -0.441. The third-order valence-corrected chi connectivity index (χ3v) is 7.63. The van der Waals surface area contributed by atoms with Crippen LogP contribution in [0.25, 0.3) is 10.9 Å². The molecule has 0 radical (unpaired) electrons. The van der Waals surface area contributed by atoms with Gasteiger partial charge in [0.25, 0.3) is 0 Å². The third kappa shape index (κ3) is 3.19. The summed E-state index contributed by atoms with van der Waals surface area (Å²) in [5.41, 5.74) is 3.34. The van der Waals surface area contributed by atoms with Crippen molar-refractivity contribution in [3.63, 3.8) is 0 Å². The molecule has 3 heteroatoms. The van der Waals surface area contributed by atoms with Gasteiger partial charge in [-0.3, -0.25) is 9.88 Å². The number of aliphatic hydroxyl groups is 1. The van der Waals surface area contributed by atoms with Crippen LogP contribution in [0.3, 0.4) is 0 Å². The molecule has 1 aliphatic carbocycles. The molecule has 1 aromatic carbocycles. The van der Waals surface area contributed by atoms with E-state index in [9.17, 15) is 5.11 Å². The van der Waals surface area contributed by atoms with E-state index >= 15 is 0 Å². The van der Waals surface area contributed by atoms with Crippen molar-refractivity contribution in [3.05, 3.63) is 54.2 Å². The highest BCUT2D eigenvalue weighted by Crippen LogP contribution is 2.43. The third-order valence-electron chi connectivity index (χ3n) is 7.63. The topological polar surface area (TPSA) is 36.4 Å². The van der Waals surface area contributed by atoms with Crippen LogP contribution >= 0.6 is 0 Å². The lowest BCUT2D eigenvalue weighted by Gasteiger charge is -2.50. The Morgan fingerprint density at radius 3 is 2.71 bits per heavy atom. The molecule has 0 spiro atoms. The lowest BCUT2D eigenvalue weighted by Crippen LogP contribution is -2.54. The first kappa shape index (κ1) is 18.3. The molecule has 1 N–H and O–H groups in total. The van der Waals surface area contributed by atoms with Crippen LogP contribution in [0.1, 0.15) is 68.2 Å². The van der Waals surface area contributed by atoms with Gasteiger partial charge in [0.05, 0.1) is 11.6 Å². The molecule has 3 aliphatic heterocycles. The summed E-state index contributed by atoms with van der Waals surface area (Å²) in [5.74, 6) is 1.81. The van der Waals surface area contributed by atoms with Crippen molar-refractivity contribution >= 4 is 10.9 Å². The number of benzene rings is 1. The number of aromatic nitrogens is 1. The number of aliphatic hydroxyl groups excluding tert-OH is 1. The van der Waals surface area contributed by atoms with Crippen molar-refractivity contribution in [1.29, 1.82) is 0 Å². The zero-order chi connectivity index (χ0) is 19.1. The van der Waals surface area contributed by atoms with E-state index in [1.807, 2.05) is 0 Å². The Bertz CT molecular complexity index is 857. The first-order valence-corrected chi connectivity index (χ1v) is 11.2. The van der Waals surface area contributed by atoms with Crippen LogP contribution in [0.4, 0.5) is 0 Å². The maximum absolute atomic E-state index is 11.6. The largest absolute Gasteiger partial charge is 0.387 e. The first-order valence-electron chi connectivity index (χ1n) is 11.2. The summed E-state index contributed by atoms with van der Waals surface area (Å²) < 4.78 is 0. The number of nitrogens with zero attached hydrogens (tertiary/aromatic N) is 2. The van der Waals surface area contributed by atoms with Crippen LogP contribution in [0.2, 0.25) is 0 Å². The van der Waals surface area contributed by atoms with Gasteiger partial charge in [-0.15, -0.1) is 6.58 Å². The molecule has 4 heterocycles. The number of hydrogen-bond acceptors (Lipinski definition) is 3. The predicted molar refractivity (Wildman–Crippen MR) is 114 cm³/mol. The Balaban J connectivity index is 1.51. The molecule has 6 rings (SSSR count). The summed E-state index contributed by atoms with van der Waals surface area (Å²) in [6.07, 6.45) is 10.4. The molecule has 28 heavy (non-hydrogen) atoms. The zero-order valence-corrected chi connectivity index (χ0v) is 16.8. The molecule has 5 atom stereocenters. The van der Waals surface area contributed by atoms with Gasteiger partial charge in [-0.25, -0.2) is 0 Å². The summed E-state index contributed by atoms with van der Waals surface area (Å²) in [4.78, 5) is 7.53. The minimum absolute atomic E-state index is 0.222. The highest BCUT2D eigenvalue weighted by Gasteiger charge is 2.42. The van der Waals surface area contributed by atoms with Crippen LogP contribution in [-0.4, -0.2) is 34.1 Å². The van der Waals surface area contributed by atoms with Gasteiger partial charge < -0.3 is 5.11 Å². The van der Waals surface area contributed by atoms with Crippen LogP contribution < -0.4 is 0 Å². The highest BCUT2D eigenvalue weighted by molar-refractivity contribution is 5.83. The second kappa shape index (κ2) is 7.61. The van der Waals surface area contributed by atoms with Crippen LogP contribution in [0.5, 0.6) is 0 Å². The van der Waals surface area contributed by atoms with Crippen LogP contribution in [0.15, 0.2) is 43.0 Å². The van der Waals surface area contributed by atoms with E-state index in [0.29, 0.717) is 17.8 Å². The maximum atomic E-state index is 11.6. The summed E-state index contributed by atoms with van der Waals surface area (Å²) in [7, 11) is 0. The summed E-state index contributed by atoms with van der Waals surface area (Å²) in [6.45, 7) is 6.19. The molecule has 2 bridgehead atoms. The van der Waals surface area contributed by atoms with Crippen molar-refractivity contribution in [3.8, 4) is 0 Å². The van der Waals surface area contributed by atoms with Gasteiger partial charge in [-0.05, 0) is 61.8 Å². The van der Waals surface area contributed by atoms with Gasteiger partial charge in [-0.2, -0.15) is 0 Å². The van der Waals surface area contributed by atoms with Crippen molar-refractivity contribution in [2.24, 2.45) is 11.8 Å². The number of piperidine rings is 3. The monoisotopic (exact) mass is 376 g/mol. The number of pyridine rings is 1. The van der Waals surface area contributed by atoms with Gasteiger partial charge >= 0.3 is 0 Å². The van der Waals surface area contributed by atoms with Crippen molar-refractivity contribution in [1.82, 2.24) is 9.88 Å². The van der Waals surface area contributed by atoms with Crippen molar-refractivity contribution in [2.75, 3.05) is 13.1 Å². The van der Waals surface area contributed by atoms with Crippen molar-refractivity contribution in [2.45, 2.75) is 63.0 Å². The van der Waals surface area contributed by atoms with E-state index in [1.54, 1.807) is 0 Å². The van der Waals surface area contributed by atoms with E-state index in [1.165, 1.54) is 44.2 Å². The van der Waals surface area contributed by atoms with E-state index < -0.39 is 6.10 Å². The number of fused-ring (bicyclic) bond motifs is 4. The van der Waals surface area contributed by atoms with Gasteiger partial charge in [0.15, 0.2) is 0 Å². The molecule has 3 saturated heterocycles. The molecule has 0 amide bonds. The second-order valence-corrected chi connectivity index (χ2v) is 9.18. The Kier molecular flexibility index (Phi) is 4.98. The molecule has 4 aliphatic rings.